The third kappa shape index (κ3) is 3.48. The van der Waals surface area contributed by atoms with Crippen molar-refractivity contribution >= 4 is 38.8 Å². The SMILES string of the molecule is Cc1nc(CCNC(=O)Cn2cnc3ccsc3c2=O)sc1C. The van der Waals surface area contributed by atoms with Gasteiger partial charge in [-0.15, -0.1) is 22.7 Å². The number of thiazole rings is 1. The molecule has 3 aromatic rings. The second-order valence-electron chi connectivity index (χ2n) is 5.16. The Morgan fingerprint density at radius 3 is 2.96 bits per heavy atom. The average Bonchev–Trinajstić information content (AvgIpc) is 3.10. The Morgan fingerprint density at radius 1 is 1.39 bits per heavy atom. The van der Waals surface area contributed by atoms with Crippen molar-refractivity contribution in [3.63, 3.8) is 0 Å². The average molecular weight is 348 g/mol. The molecular weight excluding hydrogens is 332 g/mol. The van der Waals surface area contributed by atoms with Crippen LogP contribution in [0.4, 0.5) is 0 Å². The summed E-state index contributed by atoms with van der Waals surface area (Å²) < 4.78 is 1.92. The zero-order valence-electron chi connectivity index (χ0n) is 12.8. The summed E-state index contributed by atoms with van der Waals surface area (Å²) in [6.45, 7) is 4.51. The molecule has 8 heteroatoms. The Morgan fingerprint density at radius 2 is 2.22 bits per heavy atom. The smallest absolute Gasteiger partial charge is 0.271 e. The third-order valence-corrected chi connectivity index (χ3v) is 5.51. The standard InChI is InChI=1S/C15H16N4O2S2/c1-9-10(2)23-13(18-9)3-5-16-12(20)7-19-8-17-11-4-6-22-14(11)15(19)21/h4,6,8H,3,5,7H2,1-2H3,(H,16,20). The van der Waals surface area contributed by atoms with E-state index >= 15 is 0 Å². The van der Waals surface area contributed by atoms with E-state index in [1.54, 1.807) is 17.4 Å². The van der Waals surface area contributed by atoms with Crippen LogP contribution in [-0.2, 0) is 17.8 Å². The van der Waals surface area contributed by atoms with E-state index < -0.39 is 0 Å². The first-order chi connectivity index (χ1) is 11.0. The van der Waals surface area contributed by atoms with Crippen LogP contribution in [-0.4, -0.2) is 27.0 Å². The van der Waals surface area contributed by atoms with Gasteiger partial charge in [0.2, 0.25) is 5.91 Å². The molecule has 0 unspecified atom stereocenters. The Balaban J connectivity index is 1.58. The fourth-order valence-electron chi connectivity index (χ4n) is 2.16. The molecule has 0 fully saturated rings. The van der Waals surface area contributed by atoms with E-state index in [4.69, 9.17) is 0 Å². The van der Waals surface area contributed by atoms with Crippen LogP contribution in [0.15, 0.2) is 22.6 Å². The number of fused-ring (bicyclic) bond motifs is 1. The highest BCUT2D eigenvalue weighted by Crippen LogP contribution is 2.16. The molecule has 0 saturated heterocycles. The molecule has 3 heterocycles. The molecule has 6 nitrogen and oxygen atoms in total. The summed E-state index contributed by atoms with van der Waals surface area (Å²) in [4.78, 5) is 34.0. The molecule has 0 aliphatic carbocycles. The molecule has 0 aliphatic rings. The van der Waals surface area contributed by atoms with Crippen molar-refractivity contribution in [2.24, 2.45) is 0 Å². The van der Waals surface area contributed by atoms with Gasteiger partial charge in [0, 0.05) is 17.8 Å². The van der Waals surface area contributed by atoms with Crippen molar-refractivity contribution in [1.29, 1.82) is 0 Å². The molecule has 0 aliphatic heterocycles. The van der Waals surface area contributed by atoms with Gasteiger partial charge in [0.25, 0.3) is 5.56 Å². The van der Waals surface area contributed by atoms with E-state index in [1.165, 1.54) is 27.1 Å². The molecule has 1 amide bonds. The van der Waals surface area contributed by atoms with Crippen LogP contribution >= 0.6 is 22.7 Å². The summed E-state index contributed by atoms with van der Waals surface area (Å²) in [5.41, 5.74) is 1.54. The van der Waals surface area contributed by atoms with Crippen molar-refractivity contribution in [1.82, 2.24) is 19.9 Å². The fourth-order valence-corrected chi connectivity index (χ4v) is 3.88. The number of aryl methyl sites for hydroxylation is 2. The first-order valence-electron chi connectivity index (χ1n) is 7.17. The molecule has 0 atom stereocenters. The molecule has 120 valence electrons. The van der Waals surface area contributed by atoms with Gasteiger partial charge in [-0.2, -0.15) is 0 Å². The maximum Gasteiger partial charge on any atom is 0.271 e. The number of hydrogen-bond donors (Lipinski definition) is 1. The van der Waals surface area contributed by atoms with E-state index in [-0.39, 0.29) is 18.0 Å². The van der Waals surface area contributed by atoms with Crippen LogP contribution in [0.3, 0.4) is 0 Å². The van der Waals surface area contributed by atoms with Gasteiger partial charge in [-0.3, -0.25) is 14.2 Å². The fraction of sp³-hybridized carbons (Fsp3) is 0.333. The van der Waals surface area contributed by atoms with Gasteiger partial charge in [0.05, 0.1) is 22.5 Å². The number of aromatic nitrogens is 3. The van der Waals surface area contributed by atoms with E-state index in [0.29, 0.717) is 23.2 Å². The van der Waals surface area contributed by atoms with Crippen molar-refractivity contribution in [2.45, 2.75) is 26.8 Å². The number of amides is 1. The van der Waals surface area contributed by atoms with Crippen LogP contribution in [0.5, 0.6) is 0 Å². The van der Waals surface area contributed by atoms with Crippen molar-refractivity contribution in [3.05, 3.63) is 43.7 Å². The number of hydrogen-bond acceptors (Lipinski definition) is 6. The number of thiophene rings is 1. The van der Waals surface area contributed by atoms with Crippen LogP contribution in [0.1, 0.15) is 15.6 Å². The summed E-state index contributed by atoms with van der Waals surface area (Å²) in [5, 5.41) is 5.66. The Kier molecular flexibility index (Phi) is 4.53. The number of nitrogens with one attached hydrogen (secondary N) is 1. The normalized spacial score (nSPS) is 11.0. The Hall–Kier alpha value is -2.06. The second kappa shape index (κ2) is 6.59. The zero-order valence-corrected chi connectivity index (χ0v) is 14.5. The van der Waals surface area contributed by atoms with Crippen molar-refractivity contribution in [3.8, 4) is 0 Å². The first-order valence-corrected chi connectivity index (χ1v) is 8.86. The van der Waals surface area contributed by atoms with Crippen molar-refractivity contribution in [2.75, 3.05) is 6.54 Å². The topological polar surface area (TPSA) is 76.9 Å². The van der Waals surface area contributed by atoms with Gasteiger partial charge >= 0.3 is 0 Å². The summed E-state index contributed by atoms with van der Waals surface area (Å²) in [6.07, 6.45) is 2.12. The van der Waals surface area contributed by atoms with E-state index in [0.717, 1.165) is 10.7 Å². The highest BCUT2D eigenvalue weighted by Gasteiger charge is 2.09. The lowest BCUT2D eigenvalue weighted by Crippen LogP contribution is -2.33. The number of nitrogens with zero attached hydrogens (tertiary/aromatic N) is 3. The summed E-state index contributed by atoms with van der Waals surface area (Å²) >= 11 is 2.99. The molecule has 0 radical (unpaired) electrons. The molecule has 3 rings (SSSR count). The highest BCUT2D eigenvalue weighted by molar-refractivity contribution is 7.17. The quantitative estimate of drug-likeness (QED) is 0.764. The summed E-state index contributed by atoms with van der Waals surface area (Å²) in [6, 6.07) is 1.80. The predicted molar refractivity (Wildman–Crippen MR) is 92.2 cm³/mol. The highest BCUT2D eigenvalue weighted by atomic mass is 32.1. The molecule has 0 saturated carbocycles. The van der Waals surface area contributed by atoms with Gasteiger partial charge < -0.3 is 5.32 Å². The van der Waals surface area contributed by atoms with Gasteiger partial charge in [0.15, 0.2) is 0 Å². The Bertz CT molecular complexity index is 890. The molecule has 0 bridgehead atoms. The van der Waals surface area contributed by atoms with E-state index in [9.17, 15) is 9.59 Å². The predicted octanol–water partition coefficient (Wildman–Crippen LogP) is 1.89. The first kappa shape index (κ1) is 15.8. The molecule has 1 N–H and O–H groups in total. The maximum atomic E-state index is 12.2. The third-order valence-electron chi connectivity index (χ3n) is 3.48. The number of carbonyl (C=O) groups is 1. The maximum absolute atomic E-state index is 12.2. The van der Waals surface area contributed by atoms with E-state index in [1.807, 2.05) is 19.2 Å². The van der Waals surface area contributed by atoms with Gasteiger partial charge in [-0.1, -0.05) is 0 Å². The molecule has 0 spiro atoms. The second-order valence-corrected chi connectivity index (χ2v) is 7.37. The van der Waals surface area contributed by atoms with Crippen LogP contribution in [0.25, 0.3) is 10.2 Å². The monoisotopic (exact) mass is 348 g/mol. The number of carbonyl (C=O) groups excluding carboxylic acids is 1. The lowest BCUT2D eigenvalue weighted by molar-refractivity contribution is -0.121. The minimum absolute atomic E-state index is 0.0183. The summed E-state index contributed by atoms with van der Waals surface area (Å²) in [7, 11) is 0. The van der Waals surface area contributed by atoms with E-state index in [2.05, 4.69) is 15.3 Å². The minimum atomic E-state index is -0.199. The lowest BCUT2D eigenvalue weighted by atomic mass is 10.4. The van der Waals surface area contributed by atoms with Gasteiger partial charge in [-0.25, -0.2) is 9.97 Å². The molecule has 23 heavy (non-hydrogen) atoms. The van der Waals surface area contributed by atoms with Gasteiger partial charge in [0.1, 0.15) is 11.2 Å². The molecular formula is C15H16N4O2S2. The van der Waals surface area contributed by atoms with Crippen molar-refractivity contribution < 1.29 is 4.79 Å². The molecule has 0 aromatic carbocycles. The van der Waals surface area contributed by atoms with Crippen LogP contribution in [0.2, 0.25) is 0 Å². The largest absolute Gasteiger partial charge is 0.354 e. The molecule has 3 aromatic heterocycles. The zero-order chi connectivity index (χ0) is 16.4. The van der Waals surface area contributed by atoms with Crippen LogP contribution in [0, 0.1) is 13.8 Å². The minimum Gasteiger partial charge on any atom is -0.354 e. The van der Waals surface area contributed by atoms with Gasteiger partial charge in [-0.05, 0) is 25.3 Å². The lowest BCUT2D eigenvalue weighted by Gasteiger charge is -2.06. The Labute approximate surface area is 140 Å². The van der Waals surface area contributed by atoms with Crippen LogP contribution < -0.4 is 10.9 Å². The number of rotatable bonds is 5. The summed E-state index contributed by atoms with van der Waals surface area (Å²) in [5.74, 6) is -0.199.